The van der Waals surface area contributed by atoms with Crippen molar-refractivity contribution in [3.8, 4) is 0 Å². The molecule has 0 saturated heterocycles. The molecule has 5 heteroatoms. The first-order valence-corrected chi connectivity index (χ1v) is 17.1. The van der Waals surface area contributed by atoms with E-state index in [1.165, 1.54) is 51.4 Å². The fourth-order valence-electron chi connectivity index (χ4n) is 3.85. The van der Waals surface area contributed by atoms with Gasteiger partial charge in [-0.1, -0.05) is 137 Å². The molecule has 0 rings (SSSR count). The Morgan fingerprint density at radius 2 is 0.600 bits per heavy atom. The summed E-state index contributed by atoms with van der Waals surface area (Å²) >= 11 is 0. The predicted octanol–water partition coefficient (Wildman–Crippen LogP) is 9.38. The van der Waals surface area contributed by atoms with E-state index in [9.17, 15) is 19.8 Å². The van der Waals surface area contributed by atoms with Gasteiger partial charge in [-0.2, -0.15) is 0 Å². The number of rotatable bonds is 28. The molecule has 0 N–H and O–H groups in total. The number of carbonyl (C=O) groups is 2. The molecule has 0 bridgehead atoms. The molecular formula is C40H62MgO4. The molecule has 0 heterocycles. The van der Waals surface area contributed by atoms with Crippen LogP contribution in [0.3, 0.4) is 0 Å². The minimum atomic E-state index is -0.962. The van der Waals surface area contributed by atoms with E-state index < -0.39 is 11.9 Å². The molecule has 0 aromatic heterocycles. The van der Waals surface area contributed by atoms with E-state index in [2.05, 4.69) is 98.9 Å². The first-order chi connectivity index (χ1) is 21.5. The molecule has 0 aromatic carbocycles. The summed E-state index contributed by atoms with van der Waals surface area (Å²) in [6, 6.07) is 0. The Balaban J connectivity index is -0.000000767. The molecule has 45 heavy (non-hydrogen) atoms. The molecule has 4 nitrogen and oxygen atoms in total. The van der Waals surface area contributed by atoms with Crippen LogP contribution in [0.2, 0.25) is 0 Å². The summed E-state index contributed by atoms with van der Waals surface area (Å²) in [5, 5.41) is 20.4. The van der Waals surface area contributed by atoms with Crippen molar-refractivity contribution in [1.82, 2.24) is 0 Å². The average molecular weight is 631 g/mol. The third-order valence-corrected chi connectivity index (χ3v) is 6.42. The normalized spacial score (nSPS) is 12.1. The van der Waals surface area contributed by atoms with Gasteiger partial charge in [0.2, 0.25) is 0 Å². The molecule has 0 atom stereocenters. The van der Waals surface area contributed by atoms with Gasteiger partial charge in [0, 0.05) is 11.9 Å². The van der Waals surface area contributed by atoms with E-state index in [0.29, 0.717) is 12.8 Å². The van der Waals surface area contributed by atoms with E-state index in [-0.39, 0.29) is 35.9 Å². The van der Waals surface area contributed by atoms with E-state index in [4.69, 9.17) is 0 Å². The fourth-order valence-corrected chi connectivity index (χ4v) is 3.85. The minimum absolute atomic E-state index is 0. The molecular weight excluding hydrogens is 569 g/mol. The van der Waals surface area contributed by atoms with Crippen molar-refractivity contribution in [2.45, 2.75) is 142 Å². The summed E-state index contributed by atoms with van der Waals surface area (Å²) in [7, 11) is 0. The van der Waals surface area contributed by atoms with Gasteiger partial charge in [0.15, 0.2) is 0 Å². The first kappa shape index (κ1) is 47.0. The molecule has 0 aromatic rings. The van der Waals surface area contributed by atoms with Crippen LogP contribution in [0.5, 0.6) is 0 Å². The second-order valence-electron chi connectivity index (χ2n) is 10.7. The summed E-state index contributed by atoms with van der Waals surface area (Å²) in [6.45, 7) is 4.46. The van der Waals surface area contributed by atoms with Gasteiger partial charge in [-0.05, 0) is 103 Å². The largest absolute Gasteiger partial charge is 2.00 e. The second-order valence-corrected chi connectivity index (χ2v) is 10.7. The van der Waals surface area contributed by atoms with Crippen LogP contribution >= 0.6 is 0 Å². The van der Waals surface area contributed by atoms with Gasteiger partial charge in [0.05, 0.1) is 0 Å². The Morgan fingerprint density at radius 3 is 0.822 bits per heavy atom. The van der Waals surface area contributed by atoms with Gasteiger partial charge in [-0.15, -0.1) is 0 Å². The number of carboxylic acids is 2. The maximum Gasteiger partial charge on any atom is 2.00 e. The Hall–Kier alpha value is -2.37. The number of carboxylic acid groups (broad SMARTS) is 2. The molecule has 0 amide bonds. The summed E-state index contributed by atoms with van der Waals surface area (Å²) in [5.74, 6) is -1.92. The monoisotopic (exact) mass is 630 g/mol. The van der Waals surface area contributed by atoms with E-state index in [1.54, 1.807) is 0 Å². The fraction of sp³-hybridized carbons (Fsp3) is 0.550. The smallest absolute Gasteiger partial charge is 0.550 e. The van der Waals surface area contributed by atoms with Gasteiger partial charge < -0.3 is 19.8 Å². The zero-order valence-electron chi connectivity index (χ0n) is 28.7. The third kappa shape index (κ3) is 51.5. The summed E-state index contributed by atoms with van der Waals surface area (Å²) in [6.07, 6.45) is 54.0. The van der Waals surface area contributed by atoms with Crippen LogP contribution in [-0.4, -0.2) is 35.0 Å². The van der Waals surface area contributed by atoms with Crippen molar-refractivity contribution < 1.29 is 19.8 Å². The Kier molecular flexibility index (Phi) is 45.7. The van der Waals surface area contributed by atoms with Gasteiger partial charge in [0.1, 0.15) is 0 Å². The van der Waals surface area contributed by atoms with Gasteiger partial charge >= 0.3 is 23.1 Å². The predicted molar refractivity (Wildman–Crippen MR) is 193 cm³/mol. The summed E-state index contributed by atoms with van der Waals surface area (Å²) in [5.41, 5.74) is 0. The van der Waals surface area contributed by atoms with Crippen molar-refractivity contribution in [3.05, 3.63) is 97.2 Å². The van der Waals surface area contributed by atoms with Crippen LogP contribution < -0.4 is 10.2 Å². The number of hydrogen-bond acceptors (Lipinski definition) is 4. The van der Waals surface area contributed by atoms with Crippen LogP contribution in [0.1, 0.15) is 142 Å². The molecule has 0 spiro atoms. The number of hydrogen-bond donors (Lipinski definition) is 0. The van der Waals surface area contributed by atoms with Crippen molar-refractivity contribution in [2.24, 2.45) is 0 Å². The Labute approximate surface area is 293 Å². The molecule has 0 aliphatic rings. The summed E-state index contributed by atoms with van der Waals surface area (Å²) < 4.78 is 0. The number of aliphatic carboxylic acids is 2. The maximum absolute atomic E-state index is 10.2. The van der Waals surface area contributed by atoms with Crippen LogP contribution in [0, 0.1) is 0 Å². The van der Waals surface area contributed by atoms with Crippen molar-refractivity contribution in [1.29, 1.82) is 0 Å². The zero-order chi connectivity index (χ0) is 32.6. The molecule has 0 fully saturated rings. The Morgan fingerprint density at radius 1 is 0.378 bits per heavy atom. The standard InChI is InChI=1S/2C20H32O2.Mg/c2*1-2-3-4-5-6-7-8-9-10-11-12-13-14-15-16-17-18-19-20(21)22;/h2*6-7,9-10,12-13,15-16H,2-5,8,11,14,17-19H2,1H3,(H,21,22);/q;;+2/p-2. The van der Waals surface area contributed by atoms with Crippen molar-refractivity contribution in [3.63, 3.8) is 0 Å². The summed E-state index contributed by atoms with van der Waals surface area (Å²) in [4.78, 5) is 20.4. The molecule has 248 valence electrons. The van der Waals surface area contributed by atoms with Gasteiger partial charge in [-0.3, -0.25) is 0 Å². The van der Waals surface area contributed by atoms with Crippen LogP contribution in [-0.2, 0) is 9.59 Å². The SMILES string of the molecule is CCCCCC=CCC=CCC=CCC=CCCCC(=O)[O-].CCCCCC=CCC=CCC=CCC=CCCCC(=O)[O-].[Mg+2]. The number of carbonyl (C=O) groups excluding carboxylic acids is 2. The number of unbranched alkanes of at least 4 members (excludes halogenated alkanes) is 8. The molecule has 0 radical (unpaired) electrons. The molecule has 0 aliphatic carbocycles. The quantitative estimate of drug-likeness (QED) is 0.0490. The Bertz CT molecular complexity index is 803. The third-order valence-electron chi connectivity index (χ3n) is 6.42. The van der Waals surface area contributed by atoms with Crippen molar-refractivity contribution in [2.75, 3.05) is 0 Å². The molecule has 0 aliphatic heterocycles. The molecule has 0 unspecified atom stereocenters. The first-order valence-electron chi connectivity index (χ1n) is 17.1. The van der Waals surface area contributed by atoms with Crippen LogP contribution in [0.4, 0.5) is 0 Å². The van der Waals surface area contributed by atoms with Crippen molar-refractivity contribution >= 4 is 35.0 Å². The minimum Gasteiger partial charge on any atom is -0.550 e. The van der Waals surface area contributed by atoms with Crippen LogP contribution in [0.15, 0.2) is 97.2 Å². The topological polar surface area (TPSA) is 80.3 Å². The van der Waals surface area contributed by atoms with Crippen LogP contribution in [0.25, 0.3) is 0 Å². The average Bonchev–Trinajstić information content (AvgIpc) is 3.00. The number of allylic oxidation sites excluding steroid dienone is 16. The van der Waals surface area contributed by atoms with Gasteiger partial charge in [-0.25, -0.2) is 0 Å². The van der Waals surface area contributed by atoms with Gasteiger partial charge in [0.25, 0.3) is 0 Å². The zero-order valence-corrected chi connectivity index (χ0v) is 30.1. The van der Waals surface area contributed by atoms with E-state index in [0.717, 1.165) is 51.4 Å². The second kappa shape index (κ2) is 43.8. The molecule has 0 saturated carbocycles. The van der Waals surface area contributed by atoms with E-state index in [1.807, 2.05) is 12.2 Å². The van der Waals surface area contributed by atoms with E-state index >= 15 is 0 Å². The maximum atomic E-state index is 10.2.